The molecule has 1 fully saturated rings. The van der Waals surface area contributed by atoms with Gasteiger partial charge in [0.25, 0.3) is 0 Å². The maximum atomic E-state index is 12.3. The van der Waals surface area contributed by atoms with Gasteiger partial charge in [0, 0.05) is 11.0 Å². The van der Waals surface area contributed by atoms with Crippen molar-refractivity contribution in [1.82, 2.24) is 4.72 Å². The number of rotatable bonds is 4. The third kappa shape index (κ3) is 4.04. The van der Waals surface area contributed by atoms with E-state index in [0.717, 1.165) is 22.9 Å². The van der Waals surface area contributed by atoms with Gasteiger partial charge >= 0.3 is 0 Å². The Morgan fingerprint density at radius 1 is 1.26 bits per heavy atom. The van der Waals surface area contributed by atoms with Crippen LogP contribution in [0.15, 0.2) is 27.6 Å². The quantitative estimate of drug-likeness (QED) is 0.905. The lowest BCUT2D eigenvalue weighted by atomic mass is 9.90. The summed E-state index contributed by atoms with van der Waals surface area (Å²) in [5.41, 5.74) is 0.777. The van der Waals surface area contributed by atoms with Crippen LogP contribution in [-0.2, 0) is 10.0 Å². The average molecular weight is 346 g/mol. The van der Waals surface area contributed by atoms with E-state index in [4.69, 9.17) is 0 Å². The highest BCUT2D eigenvalue weighted by Crippen LogP contribution is 2.24. The van der Waals surface area contributed by atoms with Gasteiger partial charge in [0.2, 0.25) is 10.0 Å². The van der Waals surface area contributed by atoms with Gasteiger partial charge in [0.1, 0.15) is 0 Å². The zero-order chi connectivity index (χ0) is 13.9. The summed E-state index contributed by atoms with van der Waals surface area (Å²) in [7, 11) is -3.39. The fraction of sp³-hybridized carbons (Fsp3) is 0.571. The van der Waals surface area contributed by atoms with Gasteiger partial charge in [-0.3, -0.25) is 0 Å². The van der Waals surface area contributed by atoms with Crippen molar-refractivity contribution in [3.05, 3.63) is 28.2 Å². The third-order valence-corrected chi connectivity index (χ3v) is 5.79. The Kier molecular flexibility index (Phi) is 5.03. The Bertz CT molecular complexity index is 536. The van der Waals surface area contributed by atoms with Crippen LogP contribution in [0, 0.1) is 12.8 Å². The first-order valence-corrected chi connectivity index (χ1v) is 9.02. The van der Waals surface area contributed by atoms with Gasteiger partial charge in [-0.15, -0.1) is 0 Å². The molecular weight excluding hydrogens is 326 g/mol. The summed E-state index contributed by atoms with van der Waals surface area (Å²) >= 11 is 3.32. The molecule has 1 aromatic rings. The largest absolute Gasteiger partial charge is 0.240 e. The number of hydrogen-bond acceptors (Lipinski definition) is 2. The highest BCUT2D eigenvalue weighted by Gasteiger charge is 2.20. The second-order valence-corrected chi connectivity index (χ2v) is 7.92. The minimum Gasteiger partial charge on any atom is -0.211 e. The topological polar surface area (TPSA) is 46.2 Å². The van der Waals surface area contributed by atoms with Crippen molar-refractivity contribution in [3.8, 4) is 0 Å². The standard InChI is InChI=1S/C14H20BrNO2S/c1-11-7-8-13(15)9-14(11)19(17,18)16-10-12-5-3-2-4-6-12/h7-9,12,16H,2-6,10H2,1H3. The van der Waals surface area contributed by atoms with Crippen LogP contribution in [0.25, 0.3) is 0 Å². The van der Waals surface area contributed by atoms with Crippen LogP contribution in [0.2, 0.25) is 0 Å². The number of nitrogens with one attached hydrogen (secondary N) is 1. The normalized spacial score (nSPS) is 17.6. The molecule has 1 aliphatic rings. The van der Waals surface area contributed by atoms with Crippen LogP contribution >= 0.6 is 15.9 Å². The summed E-state index contributed by atoms with van der Waals surface area (Å²) in [6.45, 7) is 2.38. The molecule has 0 unspecified atom stereocenters. The SMILES string of the molecule is Cc1ccc(Br)cc1S(=O)(=O)NCC1CCCCC1. The summed E-state index contributed by atoms with van der Waals surface area (Å²) in [4.78, 5) is 0.373. The van der Waals surface area contributed by atoms with Crippen LogP contribution in [0.3, 0.4) is 0 Å². The van der Waals surface area contributed by atoms with E-state index >= 15 is 0 Å². The van der Waals surface area contributed by atoms with E-state index in [0.29, 0.717) is 17.4 Å². The van der Waals surface area contributed by atoms with Crippen LogP contribution in [0.1, 0.15) is 37.7 Å². The molecule has 106 valence electrons. The molecular formula is C14H20BrNO2S. The molecule has 1 saturated carbocycles. The Labute approximate surface area is 124 Å². The number of halogens is 1. The maximum absolute atomic E-state index is 12.3. The predicted molar refractivity (Wildman–Crippen MR) is 80.6 cm³/mol. The summed E-state index contributed by atoms with van der Waals surface area (Å²) in [5.74, 6) is 0.496. The number of sulfonamides is 1. The van der Waals surface area contributed by atoms with Crippen molar-refractivity contribution in [2.45, 2.75) is 43.9 Å². The Balaban J connectivity index is 2.07. The molecule has 0 radical (unpaired) electrons. The molecule has 0 atom stereocenters. The molecule has 5 heteroatoms. The Hall–Kier alpha value is -0.390. The van der Waals surface area contributed by atoms with E-state index < -0.39 is 10.0 Å². The van der Waals surface area contributed by atoms with Gasteiger partial charge in [-0.25, -0.2) is 13.1 Å². The first-order valence-electron chi connectivity index (χ1n) is 6.75. The van der Waals surface area contributed by atoms with Crippen molar-refractivity contribution in [2.24, 2.45) is 5.92 Å². The summed E-state index contributed by atoms with van der Waals surface area (Å²) < 4.78 is 28.2. The summed E-state index contributed by atoms with van der Waals surface area (Å²) in [5, 5.41) is 0. The van der Waals surface area contributed by atoms with Gasteiger partial charge in [-0.1, -0.05) is 41.3 Å². The smallest absolute Gasteiger partial charge is 0.211 e. The molecule has 0 saturated heterocycles. The van der Waals surface area contributed by atoms with Crippen molar-refractivity contribution in [3.63, 3.8) is 0 Å². The number of hydrogen-bond donors (Lipinski definition) is 1. The minimum absolute atomic E-state index is 0.373. The third-order valence-electron chi connectivity index (χ3n) is 3.73. The van der Waals surface area contributed by atoms with E-state index in [2.05, 4.69) is 20.7 Å². The van der Waals surface area contributed by atoms with Crippen LogP contribution in [-0.4, -0.2) is 15.0 Å². The van der Waals surface area contributed by atoms with E-state index in [1.54, 1.807) is 6.07 Å². The Morgan fingerprint density at radius 2 is 1.95 bits per heavy atom. The maximum Gasteiger partial charge on any atom is 0.240 e. The monoisotopic (exact) mass is 345 g/mol. The highest BCUT2D eigenvalue weighted by atomic mass is 79.9. The van der Waals surface area contributed by atoms with Gasteiger partial charge < -0.3 is 0 Å². The summed E-state index contributed by atoms with van der Waals surface area (Å²) in [6.07, 6.45) is 6.01. The van der Waals surface area contributed by atoms with Gasteiger partial charge in [0.05, 0.1) is 4.90 Å². The zero-order valence-electron chi connectivity index (χ0n) is 11.2. The molecule has 0 bridgehead atoms. The lowest BCUT2D eigenvalue weighted by Crippen LogP contribution is -2.30. The lowest BCUT2D eigenvalue weighted by molar-refractivity contribution is 0.357. The van der Waals surface area contributed by atoms with Crippen molar-refractivity contribution in [1.29, 1.82) is 0 Å². The molecule has 0 heterocycles. The zero-order valence-corrected chi connectivity index (χ0v) is 13.6. The van der Waals surface area contributed by atoms with E-state index in [9.17, 15) is 8.42 Å². The molecule has 1 N–H and O–H groups in total. The lowest BCUT2D eigenvalue weighted by Gasteiger charge is -2.22. The molecule has 0 aromatic heterocycles. The van der Waals surface area contributed by atoms with E-state index in [1.165, 1.54) is 19.3 Å². The van der Waals surface area contributed by atoms with Crippen LogP contribution in [0.4, 0.5) is 0 Å². The fourth-order valence-electron chi connectivity index (χ4n) is 2.56. The second kappa shape index (κ2) is 6.37. The molecule has 3 nitrogen and oxygen atoms in total. The second-order valence-electron chi connectivity index (χ2n) is 5.27. The molecule has 1 aliphatic carbocycles. The predicted octanol–water partition coefficient (Wildman–Crippen LogP) is 3.62. The van der Waals surface area contributed by atoms with Gasteiger partial charge in [-0.05, 0) is 43.4 Å². The minimum atomic E-state index is -3.39. The summed E-state index contributed by atoms with van der Waals surface area (Å²) in [6, 6.07) is 5.34. The van der Waals surface area contributed by atoms with Crippen molar-refractivity contribution in [2.75, 3.05) is 6.54 Å². The van der Waals surface area contributed by atoms with E-state index in [-0.39, 0.29) is 0 Å². The van der Waals surface area contributed by atoms with Crippen LogP contribution < -0.4 is 4.72 Å². The highest BCUT2D eigenvalue weighted by molar-refractivity contribution is 9.10. The van der Waals surface area contributed by atoms with Crippen LogP contribution in [0.5, 0.6) is 0 Å². The van der Waals surface area contributed by atoms with Crippen molar-refractivity contribution < 1.29 is 8.42 Å². The first kappa shape index (κ1) is 15.0. The Morgan fingerprint density at radius 3 is 2.63 bits per heavy atom. The first-order chi connectivity index (χ1) is 8.99. The fourth-order valence-corrected chi connectivity index (χ4v) is 4.46. The molecule has 0 amide bonds. The van der Waals surface area contributed by atoms with E-state index in [1.807, 2.05) is 19.1 Å². The molecule has 0 spiro atoms. The molecule has 19 heavy (non-hydrogen) atoms. The average Bonchev–Trinajstić information content (AvgIpc) is 2.40. The molecule has 0 aliphatic heterocycles. The van der Waals surface area contributed by atoms with Crippen molar-refractivity contribution >= 4 is 26.0 Å². The van der Waals surface area contributed by atoms with Gasteiger partial charge in [0.15, 0.2) is 0 Å². The molecule has 2 rings (SSSR count). The number of benzene rings is 1. The number of aryl methyl sites for hydroxylation is 1. The van der Waals surface area contributed by atoms with Gasteiger partial charge in [-0.2, -0.15) is 0 Å². The molecule has 1 aromatic carbocycles.